The molecule has 3 aliphatic rings. The molecule has 0 radical (unpaired) electrons. The van der Waals surface area contributed by atoms with Crippen molar-refractivity contribution in [2.24, 2.45) is 24.8 Å². The first-order chi connectivity index (χ1) is 20.3. The Balaban J connectivity index is 1.40. The van der Waals surface area contributed by atoms with Crippen LogP contribution in [-0.4, -0.2) is 47.9 Å². The Morgan fingerprint density at radius 2 is 1.67 bits per heavy atom. The third-order valence-electron chi connectivity index (χ3n) is 10.1. The summed E-state index contributed by atoms with van der Waals surface area (Å²) in [6.07, 6.45) is 1.55. The molecule has 3 aromatic heterocycles. The number of nitrogens with zero attached hydrogens (tertiary/aromatic N) is 6. The second-order valence-electron chi connectivity index (χ2n) is 13.0. The van der Waals surface area contributed by atoms with E-state index in [1.54, 1.807) is 6.33 Å². The minimum Gasteiger partial charge on any atom is -0.320 e. The first-order valence-corrected chi connectivity index (χ1v) is 15.3. The molecule has 6 rings (SSSR count). The van der Waals surface area contributed by atoms with Crippen LogP contribution in [0.5, 0.6) is 0 Å². The molecule has 2 aliphatic carbocycles. The first-order valence-electron chi connectivity index (χ1n) is 15.3. The number of aryl methyl sites for hydroxylation is 1. The van der Waals surface area contributed by atoms with Gasteiger partial charge in [0.2, 0.25) is 0 Å². The Hall–Kier alpha value is -2.83. The van der Waals surface area contributed by atoms with Crippen LogP contribution < -0.4 is 5.69 Å². The van der Waals surface area contributed by atoms with E-state index in [4.69, 9.17) is 0 Å². The van der Waals surface area contributed by atoms with Crippen molar-refractivity contribution in [3.8, 4) is 0 Å². The molecule has 5 atom stereocenters. The summed E-state index contributed by atoms with van der Waals surface area (Å²) in [6.45, 7) is 2.09. The minimum atomic E-state index is -4.94. The molecular formula is C30H38F6N6O. The van der Waals surface area contributed by atoms with Crippen molar-refractivity contribution in [3.63, 3.8) is 0 Å². The molecule has 2 saturated carbocycles. The van der Waals surface area contributed by atoms with Crippen molar-refractivity contribution in [2.75, 3.05) is 13.1 Å². The monoisotopic (exact) mass is 612 g/mol. The van der Waals surface area contributed by atoms with Crippen LogP contribution in [0, 0.1) is 17.8 Å². The number of aromatic nitrogens is 5. The van der Waals surface area contributed by atoms with E-state index in [-0.39, 0.29) is 36.9 Å². The van der Waals surface area contributed by atoms with Crippen molar-refractivity contribution in [2.45, 2.75) is 95.1 Å². The lowest BCUT2D eigenvalue weighted by Crippen LogP contribution is -2.44. The van der Waals surface area contributed by atoms with Gasteiger partial charge in [0.1, 0.15) is 18.2 Å². The molecule has 0 amide bonds. The number of imidazole rings is 1. The van der Waals surface area contributed by atoms with Gasteiger partial charge in [0, 0.05) is 37.9 Å². The molecule has 13 heteroatoms. The SMILES string of the molecule is C[C@H]1CCCN([C@@H](c2cc(C(F)(F)F)c3cn(C4CCCC([C@@H](c5nncn5C)C5CCC5)C4)c(=O)n3c2)C(F)(F)F)C1. The van der Waals surface area contributed by atoms with Gasteiger partial charge in [0.15, 0.2) is 0 Å². The van der Waals surface area contributed by atoms with Crippen LogP contribution in [0.2, 0.25) is 0 Å². The Kier molecular flexibility index (Phi) is 7.91. The normalized spacial score (nSPS) is 26.0. The predicted octanol–water partition coefficient (Wildman–Crippen LogP) is 6.90. The van der Waals surface area contributed by atoms with Crippen LogP contribution in [0.3, 0.4) is 0 Å². The van der Waals surface area contributed by atoms with E-state index < -0.39 is 40.7 Å². The van der Waals surface area contributed by atoms with Gasteiger partial charge in [0.25, 0.3) is 0 Å². The largest absolute Gasteiger partial charge is 0.418 e. The zero-order valence-electron chi connectivity index (χ0n) is 24.4. The van der Waals surface area contributed by atoms with E-state index in [1.165, 1.54) is 15.7 Å². The van der Waals surface area contributed by atoms with Crippen LogP contribution in [-0.2, 0) is 13.2 Å². The number of likely N-dealkylation sites (tertiary alicyclic amines) is 1. The van der Waals surface area contributed by atoms with Gasteiger partial charge in [-0.15, -0.1) is 10.2 Å². The van der Waals surface area contributed by atoms with Gasteiger partial charge < -0.3 is 4.57 Å². The highest BCUT2D eigenvalue weighted by Crippen LogP contribution is 2.49. The quantitative estimate of drug-likeness (QED) is 0.284. The highest BCUT2D eigenvalue weighted by atomic mass is 19.4. The van der Waals surface area contributed by atoms with Crippen LogP contribution >= 0.6 is 0 Å². The fraction of sp³-hybridized carbons (Fsp3) is 0.700. The second kappa shape index (κ2) is 11.3. The number of hydrogen-bond donors (Lipinski definition) is 0. The summed E-state index contributed by atoms with van der Waals surface area (Å²) >= 11 is 0. The molecule has 0 bridgehead atoms. The number of alkyl halides is 6. The average molecular weight is 613 g/mol. The molecule has 3 aromatic rings. The molecule has 0 N–H and O–H groups in total. The van der Waals surface area contributed by atoms with Crippen molar-refractivity contribution < 1.29 is 26.3 Å². The van der Waals surface area contributed by atoms with Crippen molar-refractivity contribution in [1.29, 1.82) is 0 Å². The summed E-state index contributed by atoms with van der Waals surface area (Å²) < 4.78 is 90.7. The number of hydrogen-bond acceptors (Lipinski definition) is 4. The zero-order chi connectivity index (χ0) is 30.7. The topological polar surface area (TPSA) is 60.4 Å². The maximum absolute atomic E-state index is 14.5. The lowest BCUT2D eigenvalue weighted by molar-refractivity contribution is -0.191. The molecule has 4 heterocycles. The highest BCUT2D eigenvalue weighted by Gasteiger charge is 2.47. The average Bonchev–Trinajstić information content (AvgIpc) is 3.47. The van der Waals surface area contributed by atoms with Crippen molar-refractivity contribution in [1.82, 2.24) is 28.6 Å². The number of pyridine rings is 1. The Morgan fingerprint density at radius 3 is 2.28 bits per heavy atom. The van der Waals surface area contributed by atoms with E-state index in [1.807, 2.05) is 18.5 Å². The Morgan fingerprint density at radius 1 is 0.953 bits per heavy atom. The smallest absolute Gasteiger partial charge is 0.320 e. The van der Waals surface area contributed by atoms with Gasteiger partial charge in [-0.3, -0.25) is 13.9 Å². The van der Waals surface area contributed by atoms with Crippen molar-refractivity contribution in [3.05, 3.63) is 52.2 Å². The van der Waals surface area contributed by atoms with E-state index in [0.717, 1.165) is 54.9 Å². The second-order valence-corrected chi connectivity index (χ2v) is 13.0. The van der Waals surface area contributed by atoms with Gasteiger partial charge in [-0.1, -0.05) is 19.8 Å². The molecule has 0 aromatic carbocycles. The molecular weight excluding hydrogens is 574 g/mol. The fourth-order valence-corrected chi connectivity index (χ4v) is 7.91. The van der Waals surface area contributed by atoms with Crippen LogP contribution in [0.25, 0.3) is 5.52 Å². The summed E-state index contributed by atoms with van der Waals surface area (Å²) in [7, 11) is 1.90. The lowest BCUT2D eigenvalue weighted by atomic mass is 9.66. The third kappa shape index (κ3) is 5.73. The third-order valence-corrected chi connectivity index (χ3v) is 10.1. The van der Waals surface area contributed by atoms with Gasteiger partial charge in [-0.05, 0) is 80.9 Å². The molecule has 43 heavy (non-hydrogen) atoms. The minimum absolute atomic E-state index is 0.0159. The fourth-order valence-electron chi connectivity index (χ4n) is 7.91. The molecule has 236 valence electrons. The summed E-state index contributed by atoms with van der Waals surface area (Å²) in [5, 5.41) is 8.46. The van der Waals surface area contributed by atoms with Gasteiger partial charge in [-0.2, -0.15) is 26.3 Å². The van der Waals surface area contributed by atoms with Crippen molar-refractivity contribution >= 4 is 5.52 Å². The first kappa shape index (κ1) is 30.2. The summed E-state index contributed by atoms with van der Waals surface area (Å²) in [5.41, 5.74) is -2.94. The molecule has 2 unspecified atom stereocenters. The van der Waals surface area contributed by atoms with E-state index in [2.05, 4.69) is 10.2 Å². The maximum atomic E-state index is 14.5. The zero-order valence-corrected chi connectivity index (χ0v) is 24.4. The standard InChI is InChI=1S/C30H38F6N6O/c1-18-6-5-11-40(14-18)26(30(34,35)36)21-13-23(29(31,32)33)24-16-41(28(43)42(24)15-21)22-10-4-9-20(12-22)25(19-7-3-8-19)27-38-37-17-39(27)2/h13,15-20,22,25-26H,3-12,14H2,1-2H3/t18-,20?,22?,25-,26-/m0/s1. The Bertz CT molecular complexity index is 1500. The molecule has 1 saturated heterocycles. The van der Waals surface area contributed by atoms with Gasteiger partial charge in [0.05, 0.1) is 11.1 Å². The molecule has 3 fully saturated rings. The molecule has 7 nitrogen and oxygen atoms in total. The number of fused-ring (bicyclic) bond motifs is 1. The summed E-state index contributed by atoms with van der Waals surface area (Å²) in [6, 6.07) is -2.00. The number of halogens is 6. The number of rotatable bonds is 6. The number of piperidine rings is 1. The molecule has 0 spiro atoms. The van der Waals surface area contributed by atoms with Gasteiger partial charge >= 0.3 is 18.0 Å². The van der Waals surface area contributed by atoms with E-state index >= 15 is 0 Å². The van der Waals surface area contributed by atoms with Crippen LogP contribution in [0.4, 0.5) is 26.3 Å². The maximum Gasteiger partial charge on any atom is 0.418 e. The summed E-state index contributed by atoms with van der Waals surface area (Å²) in [5.74, 6) is 1.60. The lowest BCUT2D eigenvalue weighted by Gasteiger charge is -2.41. The highest BCUT2D eigenvalue weighted by molar-refractivity contribution is 5.56. The van der Waals surface area contributed by atoms with E-state index in [0.29, 0.717) is 31.2 Å². The van der Waals surface area contributed by atoms with Crippen LogP contribution in [0.1, 0.15) is 99.7 Å². The Labute approximate surface area is 245 Å². The van der Waals surface area contributed by atoms with Gasteiger partial charge in [-0.25, -0.2) is 4.79 Å². The predicted molar refractivity (Wildman–Crippen MR) is 148 cm³/mol. The molecule has 1 aliphatic heterocycles. The summed E-state index contributed by atoms with van der Waals surface area (Å²) in [4.78, 5) is 15.0. The van der Waals surface area contributed by atoms with E-state index in [9.17, 15) is 31.1 Å². The van der Waals surface area contributed by atoms with Crippen LogP contribution in [0.15, 0.2) is 29.6 Å².